The van der Waals surface area contributed by atoms with Crippen molar-refractivity contribution >= 4 is 29.2 Å². The van der Waals surface area contributed by atoms with Gasteiger partial charge in [0.15, 0.2) is 5.96 Å². The van der Waals surface area contributed by atoms with Gasteiger partial charge in [-0.15, -0.1) is 0 Å². The number of benzene rings is 1. The molecule has 3 N–H and O–H groups in total. The number of nitrogens with one attached hydrogen (secondary N) is 2. The molecule has 0 saturated carbocycles. The summed E-state index contributed by atoms with van der Waals surface area (Å²) in [6, 6.07) is 5.38. The largest absolute Gasteiger partial charge is 0.396 e. The molecule has 1 aromatic carbocycles. The molecule has 0 radical (unpaired) electrons. The first-order valence-corrected chi connectivity index (χ1v) is 7.39. The number of aliphatic imine (C=N–C) groups is 1. The fraction of sp³-hybridized carbons (Fsp3) is 0.500. The lowest BCUT2D eigenvalue weighted by Crippen LogP contribution is -2.39. The molecule has 112 valence electrons. The van der Waals surface area contributed by atoms with E-state index in [4.69, 9.17) is 28.3 Å². The normalized spacial score (nSPS) is 13.2. The second-order valence-electron chi connectivity index (χ2n) is 4.60. The number of rotatable bonds is 6. The standard InChI is InChI=1S/C14H21Cl2N3O/c1-3-17-14(18-7-10(2)9-20)19-8-11-4-5-12(15)6-13(11)16/h4-6,10,20H,3,7-9H2,1-2H3,(H2,17,18,19). The van der Waals surface area contributed by atoms with Gasteiger partial charge < -0.3 is 15.7 Å². The van der Waals surface area contributed by atoms with Gasteiger partial charge in [-0.1, -0.05) is 36.2 Å². The summed E-state index contributed by atoms with van der Waals surface area (Å²) in [5.41, 5.74) is 0.920. The van der Waals surface area contributed by atoms with E-state index in [0.717, 1.165) is 12.1 Å². The van der Waals surface area contributed by atoms with E-state index in [1.807, 2.05) is 19.9 Å². The van der Waals surface area contributed by atoms with E-state index in [1.165, 1.54) is 0 Å². The van der Waals surface area contributed by atoms with Gasteiger partial charge in [-0.05, 0) is 30.5 Å². The molecule has 0 fully saturated rings. The summed E-state index contributed by atoms with van der Waals surface area (Å²) in [5, 5.41) is 16.6. The number of guanidine groups is 1. The van der Waals surface area contributed by atoms with Crippen LogP contribution in [-0.2, 0) is 6.54 Å². The van der Waals surface area contributed by atoms with Crippen molar-refractivity contribution in [3.05, 3.63) is 33.8 Å². The monoisotopic (exact) mass is 317 g/mol. The highest BCUT2D eigenvalue weighted by Crippen LogP contribution is 2.21. The summed E-state index contributed by atoms with van der Waals surface area (Å²) < 4.78 is 0. The van der Waals surface area contributed by atoms with Crippen LogP contribution in [0.5, 0.6) is 0 Å². The van der Waals surface area contributed by atoms with Crippen LogP contribution in [0, 0.1) is 5.92 Å². The molecule has 6 heteroatoms. The zero-order valence-electron chi connectivity index (χ0n) is 11.8. The highest BCUT2D eigenvalue weighted by Gasteiger charge is 2.04. The Kier molecular flexibility index (Phi) is 7.73. The van der Waals surface area contributed by atoms with Gasteiger partial charge in [0.05, 0.1) is 6.54 Å². The van der Waals surface area contributed by atoms with Gasteiger partial charge in [0.2, 0.25) is 0 Å². The molecule has 1 rings (SSSR count). The molecule has 0 aliphatic rings. The first-order chi connectivity index (χ1) is 9.56. The quantitative estimate of drug-likeness (QED) is 0.558. The summed E-state index contributed by atoms with van der Waals surface area (Å²) in [5.74, 6) is 0.886. The van der Waals surface area contributed by atoms with E-state index < -0.39 is 0 Å². The number of aliphatic hydroxyl groups excluding tert-OH is 1. The van der Waals surface area contributed by atoms with Gasteiger partial charge in [-0.2, -0.15) is 0 Å². The van der Waals surface area contributed by atoms with Crippen LogP contribution >= 0.6 is 23.2 Å². The van der Waals surface area contributed by atoms with E-state index in [0.29, 0.717) is 29.1 Å². The predicted molar refractivity (Wildman–Crippen MR) is 85.5 cm³/mol. The third kappa shape index (κ3) is 5.99. The number of nitrogens with zero attached hydrogens (tertiary/aromatic N) is 1. The van der Waals surface area contributed by atoms with Crippen LogP contribution in [0.4, 0.5) is 0 Å². The minimum Gasteiger partial charge on any atom is -0.396 e. The van der Waals surface area contributed by atoms with E-state index in [9.17, 15) is 0 Å². The van der Waals surface area contributed by atoms with Crippen LogP contribution in [0.2, 0.25) is 10.0 Å². The Hall–Kier alpha value is -0.970. The molecular formula is C14H21Cl2N3O. The highest BCUT2D eigenvalue weighted by molar-refractivity contribution is 6.35. The Bertz CT molecular complexity index is 452. The number of halogens is 2. The van der Waals surface area contributed by atoms with Crippen LogP contribution in [-0.4, -0.2) is 30.8 Å². The lowest BCUT2D eigenvalue weighted by atomic mass is 10.2. The Morgan fingerprint density at radius 3 is 2.70 bits per heavy atom. The molecule has 0 bridgehead atoms. The van der Waals surface area contributed by atoms with Crippen molar-refractivity contribution in [1.29, 1.82) is 0 Å². The van der Waals surface area contributed by atoms with Gasteiger partial charge in [0.25, 0.3) is 0 Å². The van der Waals surface area contributed by atoms with Crippen LogP contribution in [0.25, 0.3) is 0 Å². The molecule has 20 heavy (non-hydrogen) atoms. The molecule has 0 aliphatic carbocycles. The average molecular weight is 318 g/mol. The Labute approximate surface area is 130 Å². The Balaban J connectivity index is 2.66. The van der Waals surface area contributed by atoms with Crippen molar-refractivity contribution in [3.8, 4) is 0 Å². The second-order valence-corrected chi connectivity index (χ2v) is 5.44. The topological polar surface area (TPSA) is 56.7 Å². The van der Waals surface area contributed by atoms with Crippen molar-refractivity contribution in [2.45, 2.75) is 20.4 Å². The van der Waals surface area contributed by atoms with Crippen LogP contribution < -0.4 is 10.6 Å². The van der Waals surface area contributed by atoms with Crippen molar-refractivity contribution in [2.24, 2.45) is 10.9 Å². The number of hydrogen-bond acceptors (Lipinski definition) is 2. The third-order valence-electron chi connectivity index (χ3n) is 2.70. The highest BCUT2D eigenvalue weighted by atomic mass is 35.5. The summed E-state index contributed by atoms with van der Waals surface area (Å²) >= 11 is 12.0. The lowest BCUT2D eigenvalue weighted by molar-refractivity contribution is 0.238. The van der Waals surface area contributed by atoms with Crippen molar-refractivity contribution in [3.63, 3.8) is 0 Å². The fourth-order valence-corrected chi connectivity index (χ4v) is 1.96. The minimum atomic E-state index is 0.148. The molecule has 1 unspecified atom stereocenters. The predicted octanol–water partition coefficient (Wildman–Crippen LogP) is 2.68. The molecule has 1 atom stereocenters. The van der Waals surface area contributed by atoms with Gasteiger partial charge in [0, 0.05) is 29.7 Å². The summed E-state index contributed by atoms with van der Waals surface area (Å²) in [7, 11) is 0. The SMILES string of the molecule is CCNC(=NCc1ccc(Cl)cc1Cl)NCC(C)CO. The molecule has 0 aliphatic heterocycles. The summed E-state index contributed by atoms with van der Waals surface area (Å²) in [4.78, 5) is 4.47. The first kappa shape index (κ1) is 17.1. The fourth-order valence-electron chi connectivity index (χ4n) is 1.49. The molecule has 4 nitrogen and oxygen atoms in total. The minimum absolute atomic E-state index is 0.148. The Morgan fingerprint density at radius 2 is 2.10 bits per heavy atom. The third-order valence-corrected chi connectivity index (χ3v) is 3.28. The lowest BCUT2D eigenvalue weighted by Gasteiger charge is -2.14. The maximum Gasteiger partial charge on any atom is 0.191 e. The van der Waals surface area contributed by atoms with Crippen LogP contribution in [0.15, 0.2) is 23.2 Å². The van der Waals surface area contributed by atoms with Gasteiger partial charge in [-0.3, -0.25) is 0 Å². The zero-order valence-corrected chi connectivity index (χ0v) is 13.3. The smallest absolute Gasteiger partial charge is 0.191 e. The molecule has 0 saturated heterocycles. The van der Waals surface area contributed by atoms with Crippen molar-refractivity contribution < 1.29 is 5.11 Å². The van der Waals surface area contributed by atoms with E-state index in [2.05, 4.69) is 15.6 Å². The maximum atomic E-state index is 9.02. The van der Waals surface area contributed by atoms with E-state index in [-0.39, 0.29) is 12.5 Å². The Morgan fingerprint density at radius 1 is 1.35 bits per heavy atom. The number of hydrogen-bond donors (Lipinski definition) is 3. The van der Waals surface area contributed by atoms with Crippen LogP contribution in [0.3, 0.4) is 0 Å². The first-order valence-electron chi connectivity index (χ1n) is 6.63. The van der Waals surface area contributed by atoms with E-state index >= 15 is 0 Å². The van der Waals surface area contributed by atoms with E-state index in [1.54, 1.807) is 12.1 Å². The van der Waals surface area contributed by atoms with Crippen molar-refractivity contribution in [1.82, 2.24) is 10.6 Å². The molecule has 0 amide bonds. The summed E-state index contributed by atoms with van der Waals surface area (Å²) in [6.45, 7) is 6.02. The molecular weight excluding hydrogens is 297 g/mol. The van der Waals surface area contributed by atoms with Crippen molar-refractivity contribution in [2.75, 3.05) is 19.7 Å². The average Bonchev–Trinajstić information content (AvgIpc) is 2.43. The van der Waals surface area contributed by atoms with Gasteiger partial charge in [0.1, 0.15) is 0 Å². The van der Waals surface area contributed by atoms with Gasteiger partial charge >= 0.3 is 0 Å². The molecule has 0 aromatic heterocycles. The molecule has 0 heterocycles. The molecule has 1 aromatic rings. The van der Waals surface area contributed by atoms with Crippen LogP contribution in [0.1, 0.15) is 19.4 Å². The zero-order chi connectivity index (χ0) is 15.0. The summed E-state index contributed by atoms with van der Waals surface area (Å²) in [6.07, 6.45) is 0. The van der Waals surface area contributed by atoms with Gasteiger partial charge in [-0.25, -0.2) is 4.99 Å². The molecule has 0 spiro atoms. The second kappa shape index (κ2) is 9.06. The number of aliphatic hydroxyl groups is 1. The maximum absolute atomic E-state index is 9.02.